The molecule has 1 saturated heterocycles. The Hall–Kier alpha value is -1.32. The van der Waals surface area contributed by atoms with Gasteiger partial charge in [-0.3, -0.25) is 4.79 Å². The van der Waals surface area contributed by atoms with Crippen molar-refractivity contribution < 1.29 is 14.4 Å². The predicted molar refractivity (Wildman–Crippen MR) is 46.4 cm³/mol. The second-order valence-corrected chi connectivity index (χ2v) is 2.84. The monoisotopic (exact) mass is 183 g/mol. The standard InChI is InChI=1S/C9H13NO3/c1-3-5-6-10-8(11)7(4-2)9(12)13-10/h3,5,7H,4,6H2,1-2H3. The molecular weight excluding hydrogens is 170 g/mol. The van der Waals surface area contributed by atoms with Gasteiger partial charge in [-0.1, -0.05) is 19.1 Å². The lowest BCUT2D eigenvalue weighted by Crippen LogP contribution is -2.26. The molecule has 1 aliphatic rings. The highest BCUT2D eigenvalue weighted by Crippen LogP contribution is 2.18. The normalized spacial score (nSPS) is 22.9. The molecule has 0 aromatic heterocycles. The largest absolute Gasteiger partial charge is 0.345 e. The number of allylic oxidation sites excluding steroid dienone is 1. The summed E-state index contributed by atoms with van der Waals surface area (Å²) in [5, 5.41) is 1.11. The molecule has 1 aliphatic heterocycles. The first kappa shape index (κ1) is 9.77. The number of rotatable bonds is 3. The highest BCUT2D eigenvalue weighted by Gasteiger charge is 2.39. The Morgan fingerprint density at radius 3 is 2.69 bits per heavy atom. The third-order valence-electron chi connectivity index (χ3n) is 1.94. The lowest BCUT2D eigenvalue weighted by atomic mass is 10.1. The molecule has 1 atom stereocenters. The second kappa shape index (κ2) is 4.07. The molecule has 0 aromatic carbocycles. The van der Waals surface area contributed by atoms with Crippen molar-refractivity contribution in [2.24, 2.45) is 5.92 Å². The molecule has 0 spiro atoms. The van der Waals surface area contributed by atoms with Crippen LogP contribution in [0.2, 0.25) is 0 Å². The SMILES string of the molecule is CC=CCN1OC(=O)C(CC)C1=O. The highest BCUT2D eigenvalue weighted by molar-refractivity contribution is 6.01. The summed E-state index contributed by atoms with van der Waals surface area (Å²) in [5.74, 6) is -1.26. The van der Waals surface area contributed by atoms with Crippen molar-refractivity contribution in [2.45, 2.75) is 20.3 Å². The summed E-state index contributed by atoms with van der Waals surface area (Å²) >= 11 is 0. The van der Waals surface area contributed by atoms with Gasteiger partial charge in [0.05, 0.1) is 6.54 Å². The van der Waals surface area contributed by atoms with Crippen LogP contribution in [-0.2, 0) is 14.4 Å². The van der Waals surface area contributed by atoms with Crippen LogP contribution < -0.4 is 0 Å². The van der Waals surface area contributed by atoms with Crippen molar-refractivity contribution in [3.05, 3.63) is 12.2 Å². The molecule has 1 unspecified atom stereocenters. The summed E-state index contributed by atoms with van der Waals surface area (Å²) in [7, 11) is 0. The fraction of sp³-hybridized carbons (Fsp3) is 0.556. The highest BCUT2D eigenvalue weighted by atomic mass is 16.7. The molecule has 1 heterocycles. The summed E-state index contributed by atoms with van der Waals surface area (Å²) in [6.45, 7) is 3.99. The summed E-state index contributed by atoms with van der Waals surface area (Å²) in [6.07, 6.45) is 4.08. The van der Waals surface area contributed by atoms with Gasteiger partial charge in [0, 0.05) is 0 Å². The Kier molecular flexibility index (Phi) is 3.06. The number of carbonyl (C=O) groups is 2. The van der Waals surface area contributed by atoms with E-state index in [-0.39, 0.29) is 5.91 Å². The Balaban J connectivity index is 2.62. The fourth-order valence-corrected chi connectivity index (χ4v) is 1.16. The third kappa shape index (κ3) is 1.88. The average Bonchev–Trinajstić information content (AvgIpc) is 2.38. The number of hydrogen-bond donors (Lipinski definition) is 0. The minimum absolute atomic E-state index is 0.231. The lowest BCUT2D eigenvalue weighted by Gasteiger charge is -2.09. The smallest absolute Gasteiger partial charge is 0.337 e. The van der Waals surface area contributed by atoms with Crippen LogP contribution in [0.5, 0.6) is 0 Å². The van der Waals surface area contributed by atoms with Crippen molar-refractivity contribution in [2.75, 3.05) is 6.54 Å². The third-order valence-corrected chi connectivity index (χ3v) is 1.94. The number of nitrogens with zero attached hydrogens (tertiary/aromatic N) is 1. The maximum atomic E-state index is 11.4. The molecule has 72 valence electrons. The van der Waals surface area contributed by atoms with Crippen LogP contribution in [0.25, 0.3) is 0 Å². The van der Waals surface area contributed by atoms with Crippen LogP contribution in [0.4, 0.5) is 0 Å². The molecule has 0 aromatic rings. The van der Waals surface area contributed by atoms with Crippen LogP contribution in [0.1, 0.15) is 20.3 Å². The summed E-state index contributed by atoms with van der Waals surface area (Å²) in [5.41, 5.74) is 0. The van der Waals surface area contributed by atoms with Gasteiger partial charge in [-0.15, -0.1) is 0 Å². The molecular formula is C9H13NO3. The lowest BCUT2D eigenvalue weighted by molar-refractivity contribution is -0.176. The zero-order valence-electron chi connectivity index (χ0n) is 7.82. The van der Waals surface area contributed by atoms with E-state index in [1.54, 1.807) is 19.1 Å². The van der Waals surface area contributed by atoms with Crippen molar-refractivity contribution in [1.82, 2.24) is 5.06 Å². The summed E-state index contributed by atoms with van der Waals surface area (Å²) in [4.78, 5) is 27.3. The van der Waals surface area contributed by atoms with Crippen LogP contribution in [0.15, 0.2) is 12.2 Å². The Labute approximate surface area is 77.1 Å². The van der Waals surface area contributed by atoms with Crippen molar-refractivity contribution in [3.8, 4) is 0 Å². The maximum Gasteiger partial charge on any atom is 0.345 e. The zero-order chi connectivity index (χ0) is 9.84. The molecule has 1 rings (SSSR count). The minimum atomic E-state index is -0.592. The van der Waals surface area contributed by atoms with E-state index in [1.807, 2.05) is 6.92 Å². The molecule has 13 heavy (non-hydrogen) atoms. The van der Waals surface area contributed by atoms with E-state index < -0.39 is 11.9 Å². The summed E-state index contributed by atoms with van der Waals surface area (Å²) < 4.78 is 0. The van der Waals surface area contributed by atoms with Gasteiger partial charge in [-0.25, -0.2) is 4.79 Å². The van der Waals surface area contributed by atoms with Crippen molar-refractivity contribution >= 4 is 11.9 Å². The molecule has 0 bridgehead atoms. The van der Waals surface area contributed by atoms with Crippen LogP contribution in [0.3, 0.4) is 0 Å². The maximum absolute atomic E-state index is 11.4. The van der Waals surface area contributed by atoms with Gasteiger partial charge in [-0.05, 0) is 13.3 Å². The number of hydrogen-bond acceptors (Lipinski definition) is 3. The molecule has 1 amide bonds. The number of hydroxylamine groups is 2. The van der Waals surface area contributed by atoms with Gasteiger partial charge in [0.1, 0.15) is 5.92 Å². The van der Waals surface area contributed by atoms with E-state index in [9.17, 15) is 9.59 Å². The van der Waals surface area contributed by atoms with E-state index in [0.29, 0.717) is 13.0 Å². The van der Waals surface area contributed by atoms with E-state index in [2.05, 4.69) is 0 Å². The molecule has 0 saturated carbocycles. The fourth-order valence-electron chi connectivity index (χ4n) is 1.16. The topological polar surface area (TPSA) is 46.6 Å². The predicted octanol–water partition coefficient (Wildman–Crippen LogP) is 0.889. The number of carbonyl (C=O) groups excluding carboxylic acids is 2. The average molecular weight is 183 g/mol. The zero-order valence-corrected chi connectivity index (χ0v) is 7.82. The first-order chi connectivity index (χ1) is 6.20. The van der Waals surface area contributed by atoms with E-state index in [4.69, 9.17) is 4.84 Å². The van der Waals surface area contributed by atoms with Crippen LogP contribution in [0, 0.1) is 5.92 Å². The van der Waals surface area contributed by atoms with E-state index in [0.717, 1.165) is 5.06 Å². The number of amides is 1. The Morgan fingerprint density at radius 2 is 2.23 bits per heavy atom. The van der Waals surface area contributed by atoms with Crippen molar-refractivity contribution in [1.29, 1.82) is 0 Å². The molecule has 1 fully saturated rings. The minimum Gasteiger partial charge on any atom is -0.337 e. The Morgan fingerprint density at radius 1 is 1.54 bits per heavy atom. The van der Waals surface area contributed by atoms with Gasteiger partial charge < -0.3 is 4.84 Å². The molecule has 0 aliphatic carbocycles. The van der Waals surface area contributed by atoms with Crippen LogP contribution in [-0.4, -0.2) is 23.5 Å². The van der Waals surface area contributed by atoms with Gasteiger partial charge in [-0.2, -0.15) is 5.06 Å². The Bertz CT molecular complexity index is 247. The molecule has 0 N–H and O–H groups in total. The van der Waals surface area contributed by atoms with Crippen molar-refractivity contribution in [3.63, 3.8) is 0 Å². The summed E-state index contributed by atoms with van der Waals surface area (Å²) in [6, 6.07) is 0. The first-order valence-corrected chi connectivity index (χ1v) is 4.35. The molecule has 4 nitrogen and oxygen atoms in total. The van der Waals surface area contributed by atoms with Gasteiger partial charge in [0.25, 0.3) is 5.91 Å². The quantitative estimate of drug-likeness (QED) is 0.482. The van der Waals surface area contributed by atoms with E-state index in [1.165, 1.54) is 0 Å². The van der Waals surface area contributed by atoms with Crippen LogP contribution >= 0.6 is 0 Å². The molecule has 4 heteroatoms. The first-order valence-electron chi connectivity index (χ1n) is 4.35. The van der Waals surface area contributed by atoms with Gasteiger partial charge in [0.2, 0.25) is 0 Å². The molecule has 0 radical (unpaired) electrons. The van der Waals surface area contributed by atoms with Gasteiger partial charge >= 0.3 is 5.97 Å². The van der Waals surface area contributed by atoms with Gasteiger partial charge in [0.15, 0.2) is 0 Å². The second-order valence-electron chi connectivity index (χ2n) is 2.84. The van der Waals surface area contributed by atoms with E-state index >= 15 is 0 Å².